The fraction of sp³-hybridized carbons (Fsp3) is 0.292. The molecular formula is C24H23N3O7. The molecule has 2 fully saturated rings. The standard InChI is InChI=1S/C24H23N3O7/c1-14(28)26-12-17-19(25-20(29)18(23(31)32)16-10-6-3-7-11-16)22(30)27(17)21(26)24(33)34-13-15-8-4-2-5-9-15/h2-11,17-19,21H,12-13H2,1H3,(H,25,29)(H,31,32)/t17?,18?,19-,21?/m1/s1. The second-order valence-corrected chi connectivity index (χ2v) is 8.12. The number of esters is 1. The topological polar surface area (TPSA) is 133 Å². The van der Waals surface area contributed by atoms with Gasteiger partial charge in [0.25, 0.3) is 0 Å². The van der Waals surface area contributed by atoms with Crippen molar-refractivity contribution in [3.05, 3.63) is 71.8 Å². The van der Waals surface area contributed by atoms with Gasteiger partial charge in [-0.2, -0.15) is 0 Å². The van der Waals surface area contributed by atoms with Gasteiger partial charge in [0.15, 0.2) is 5.92 Å². The van der Waals surface area contributed by atoms with E-state index in [0.717, 1.165) is 5.56 Å². The number of nitrogens with zero attached hydrogens (tertiary/aromatic N) is 2. The third kappa shape index (κ3) is 4.21. The van der Waals surface area contributed by atoms with Crippen molar-refractivity contribution < 1.29 is 33.8 Å². The molecule has 0 aliphatic carbocycles. The van der Waals surface area contributed by atoms with Gasteiger partial charge in [-0.05, 0) is 11.1 Å². The third-order valence-electron chi connectivity index (χ3n) is 5.98. The molecule has 0 aromatic heterocycles. The maximum atomic E-state index is 12.9. The summed E-state index contributed by atoms with van der Waals surface area (Å²) in [6, 6.07) is 15.2. The fourth-order valence-corrected chi connectivity index (χ4v) is 4.30. The Balaban J connectivity index is 1.47. The normalized spacial score (nSPS) is 21.8. The first-order valence-electron chi connectivity index (χ1n) is 10.7. The fourth-order valence-electron chi connectivity index (χ4n) is 4.30. The minimum Gasteiger partial charge on any atom is -0.480 e. The molecule has 10 nitrogen and oxygen atoms in total. The summed E-state index contributed by atoms with van der Waals surface area (Å²) in [5, 5.41) is 12.1. The van der Waals surface area contributed by atoms with Crippen molar-refractivity contribution in [2.45, 2.75) is 37.7 Å². The average Bonchev–Trinajstić information content (AvgIpc) is 3.19. The average molecular weight is 465 g/mol. The molecule has 0 spiro atoms. The lowest BCUT2D eigenvalue weighted by Gasteiger charge is -2.43. The van der Waals surface area contributed by atoms with Crippen LogP contribution in [0.15, 0.2) is 60.7 Å². The van der Waals surface area contributed by atoms with E-state index in [1.54, 1.807) is 42.5 Å². The summed E-state index contributed by atoms with van der Waals surface area (Å²) in [6.07, 6.45) is -1.24. The molecule has 4 rings (SSSR count). The monoisotopic (exact) mass is 465 g/mol. The van der Waals surface area contributed by atoms with E-state index in [2.05, 4.69) is 5.32 Å². The maximum Gasteiger partial charge on any atom is 0.350 e. The van der Waals surface area contributed by atoms with E-state index in [1.807, 2.05) is 6.07 Å². The number of nitrogens with one attached hydrogen (secondary N) is 1. The van der Waals surface area contributed by atoms with Crippen LogP contribution in [0, 0.1) is 0 Å². The van der Waals surface area contributed by atoms with E-state index in [0.29, 0.717) is 0 Å². The molecule has 2 aromatic rings. The molecule has 0 saturated carbocycles. The molecule has 3 unspecified atom stereocenters. The van der Waals surface area contributed by atoms with Gasteiger partial charge in [0.2, 0.25) is 23.9 Å². The van der Waals surface area contributed by atoms with Crippen molar-refractivity contribution in [1.82, 2.24) is 15.1 Å². The van der Waals surface area contributed by atoms with Crippen LogP contribution >= 0.6 is 0 Å². The zero-order chi connectivity index (χ0) is 24.4. The zero-order valence-corrected chi connectivity index (χ0v) is 18.3. The van der Waals surface area contributed by atoms with Gasteiger partial charge < -0.3 is 25.0 Å². The number of rotatable bonds is 7. The number of carboxylic acid groups (broad SMARTS) is 1. The molecule has 10 heteroatoms. The number of benzene rings is 2. The molecule has 0 radical (unpaired) electrons. The van der Waals surface area contributed by atoms with Crippen LogP contribution in [0.5, 0.6) is 0 Å². The summed E-state index contributed by atoms with van der Waals surface area (Å²) in [6.45, 7) is 1.27. The predicted octanol–water partition coefficient (Wildman–Crippen LogP) is 0.482. The van der Waals surface area contributed by atoms with Crippen LogP contribution in [-0.2, 0) is 35.3 Å². The first-order valence-corrected chi connectivity index (χ1v) is 10.7. The van der Waals surface area contributed by atoms with Crippen LogP contribution < -0.4 is 5.32 Å². The Kier molecular flexibility index (Phi) is 6.31. The number of amides is 3. The van der Waals surface area contributed by atoms with Gasteiger partial charge in [-0.3, -0.25) is 19.2 Å². The third-order valence-corrected chi connectivity index (χ3v) is 5.98. The van der Waals surface area contributed by atoms with E-state index in [1.165, 1.54) is 28.9 Å². The summed E-state index contributed by atoms with van der Waals surface area (Å²) in [5.74, 6) is -5.47. The largest absolute Gasteiger partial charge is 0.480 e. The number of carboxylic acids is 1. The quantitative estimate of drug-likeness (QED) is 0.345. The van der Waals surface area contributed by atoms with Crippen molar-refractivity contribution in [2.24, 2.45) is 0 Å². The summed E-state index contributed by atoms with van der Waals surface area (Å²) < 4.78 is 5.35. The molecule has 2 aromatic carbocycles. The highest BCUT2D eigenvalue weighted by Gasteiger charge is 2.61. The Morgan fingerprint density at radius 3 is 2.26 bits per heavy atom. The van der Waals surface area contributed by atoms with Gasteiger partial charge in [-0.25, -0.2) is 4.79 Å². The predicted molar refractivity (Wildman–Crippen MR) is 117 cm³/mol. The summed E-state index contributed by atoms with van der Waals surface area (Å²) in [4.78, 5) is 64.8. The van der Waals surface area contributed by atoms with E-state index in [9.17, 15) is 29.1 Å². The molecule has 3 amide bonds. The highest BCUT2D eigenvalue weighted by Crippen LogP contribution is 2.34. The first-order chi connectivity index (χ1) is 16.3. The Hall–Kier alpha value is -4.21. The van der Waals surface area contributed by atoms with E-state index in [-0.39, 0.29) is 18.7 Å². The number of ether oxygens (including phenoxy) is 1. The number of hydrogen-bond acceptors (Lipinski definition) is 6. The molecule has 4 atom stereocenters. The van der Waals surface area contributed by atoms with Crippen LogP contribution in [0.4, 0.5) is 0 Å². The lowest BCUT2D eigenvalue weighted by Crippen LogP contribution is -2.72. The van der Waals surface area contributed by atoms with Crippen molar-refractivity contribution >= 4 is 29.7 Å². The van der Waals surface area contributed by atoms with Crippen molar-refractivity contribution in [3.8, 4) is 0 Å². The van der Waals surface area contributed by atoms with Gasteiger partial charge >= 0.3 is 11.9 Å². The molecule has 0 bridgehead atoms. The van der Waals surface area contributed by atoms with Crippen LogP contribution in [0.2, 0.25) is 0 Å². The second kappa shape index (κ2) is 9.34. The molecular weight excluding hydrogens is 442 g/mol. The summed E-state index contributed by atoms with van der Waals surface area (Å²) >= 11 is 0. The Bertz CT molecular complexity index is 1120. The van der Waals surface area contributed by atoms with Crippen molar-refractivity contribution in [2.75, 3.05) is 6.54 Å². The number of carbonyl (C=O) groups is 5. The highest BCUT2D eigenvalue weighted by molar-refractivity contribution is 6.06. The lowest BCUT2D eigenvalue weighted by atomic mass is 9.93. The molecule has 2 aliphatic heterocycles. The molecule has 34 heavy (non-hydrogen) atoms. The summed E-state index contributed by atoms with van der Waals surface area (Å²) in [7, 11) is 0. The minimum absolute atomic E-state index is 0.0141. The zero-order valence-electron chi connectivity index (χ0n) is 18.3. The summed E-state index contributed by atoms with van der Waals surface area (Å²) in [5.41, 5.74) is 1.02. The molecule has 2 saturated heterocycles. The SMILES string of the molecule is CC(=O)N1CC2[C@@H](NC(=O)C(C(=O)O)c3ccccc3)C(=O)N2C1C(=O)OCc1ccccc1. The highest BCUT2D eigenvalue weighted by atomic mass is 16.5. The van der Waals surface area contributed by atoms with Gasteiger partial charge in [-0.1, -0.05) is 60.7 Å². The number of fused-ring (bicyclic) bond motifs is 1. The van der Waals surface area contributed by atoms with E-state index < -0.39 is 53.8 Å². The Morgan fingerprint density at radius 1 is 1.06 bits per heavy atom. The Labute approximate surface area is 195 Å². The van der Waals surface area contributed by atoms with Crippen molar-refractivity contribution in [1.29, 1.82) is 0 Å². The van der Waals surface area contributed by atoms with Crippen molar-refractivity contribution in [3.63, 3.8) is 0 Å². The number of carbonyl (C=O) groups excluding carboxylic acids is 4. The number of hydrogen-bond donors (Lipinski definition) is 2. The molecule has 2 heterocycles. The van der Waals surface area contributed by atoms with Gasteiger partial charge in [0.1, 0.15) is 12.6 Å². The molecule has 2 N–H and O–H groups in total. The van der Waals surface area contributed by atoms with Gasteiger partial charge in [0.05, 0.1) is 6.04 Å². The van der Waals surface area contributed by atoms with Crippen LogP contribution in [0.3, 0.4) is 0 Å². The van der Waals surface area contributed by atoms with E-state index in [4.69, 9.17) is 4.74 Å². The van der Waals surface area contributed by atoms with E-state index >= 15 is 0 Å². The lowest BCUT2D eigenvalue weighted by molar-refractivity contribution is -0.170. The second-order valence-electron chi connectivity index (χ2n) is 8.12. The smallest absolute Gasteiger partial charge is 0.350 e. The van der Waals surface area contributed by atoms with Gasteiger partial charge in [-0.15, -0.1) is 0 Å². The van der Waals surface area contributed by atoms with Gasteiger partial charge in [0, 0.05) is 13.5 Å². The van der Waals surface area contributed by atoms with Crippen LogP contribution in [0.25, 0.3) is 0 Å². The number of aliphatic carboxylic acids is 1. The first kappa shape index (κ1) is 23.0. The molecule has 2 aliphatic rings. The van der Waals surface area contributed by atoms with Crippen LogP contribution in [0.1, 0.15) is 24.0 Å². The maximum absolute atomic E-state index is 12.9. The number of β-lactam (4-membered cyclic amide) rings is 1. The minimum atomic E-state index is -1.50. The molecule has 176 valence electrons. The van der Waals surface area contributed by atoms with Crippen LogP contribution in [-0.4, -0.2) is 69.4 Å². The Morgan fingerprint density at radius 2 is 1.68 bits per heavy atom.